The predicted octanol–water partition coefficient (Wildman–Crippen LogP) is 3.53. The van der Waals surface area contributed by atoms with E-state index in [1.165, 1.54) is 7.11 Å². The number of rotatable bonds is 4. The second-order valence-corrected chi connectivity index (χ2v) is 7.27. The van der Waals surface area contributed by atoms with Crippen LogP contribution < -0.4 is 0 Å². The summed E-state index contributed by atoms with van der Waals surface area (Å²) in [6.07, 6.45) is 0.724. The number of ether oxygens (including phenoxy) is 1. The first-order valence-corrected chi connectivity index (χ1v) is 8.56. The molecular formula is C20H23N3O3. The summed E-state index contributed by atoms with van der Waals surface area (Å²) in [5.41, 5.74) is 3.57. The zero-order chi connectivity index (χ0) is 18.9. The number of carbonyl (C=O) groups excluding carboxylic acids is 1. The Labute approximate surface area is 152 Å². The Bertz CT molecular complexity index is 922. The molecule has 0 unspecified atom stereocenters. The minimum atomic E-state index is -0.333. The first-order valence-electron chi connectivity index (χ1n) is 8.56. The lowest BCUT2D eigenvalue weighted by molar-refractivity contribution is -0.140. The number of carbonyl (C=O) groups is 1. The molecule has 0 saturated carbocycles. The standard InChI is InChI=1S/C20H23N3O3/c1-20(2,3)18-16(24)11-9-13(10-12-17(25)26-4)19(18)23-21-14-7-5-6-8-15(14)22-23/h5-9,11,24H,10,12H2,1-4H3. The van der Waals surface area contributed by atoms with Crippen molar-refractivity contribution in [3.63, 3.8) is 0 Å². The Balaban J connectivity index is 2.21. The van der Waals surface area contributed by atoms with Crippen molar-refractivity contribution in [1.29, 1.82) is 0 Å². The van der Waals surface area contributed by atoms with Gasteiger partial charge in [-0.05, 0) is 35.6 Å². The van der Waals surface area contributed by atoms with Crippen LogP contribution in [0, 0.1) is 0 Å². The van der Waals surface area contributed by atoms with Crippen LogP contribution in [-0.4, -0.2) is 33.2 Å². The summed E-state index contributed by atoms with van der Waals surface area (Å²) in [5.74, 6) is -0.0874. The molecule has 6 nitrogen and oxygen atoms in total. The summed E-state index contributed by atoms with van der Waals surface area (Å²) in [6.45, 7) is 6.08. The molecule has 0 saturated heterocycles. The summed E-state index contributed by atoms with van der Waals surface area (Å²) in [7, 11) is 1.38. The Morgan fingerprint density at radius 1 is 1.12 bits per heavy atom. The molecular weight excluding hydrogens is 330 g/mol. The van der Waals surface area contributed by atoms with E-state index in [9.17, 15) is 9.90 Å². The van der Waals surface area contributed by atoms with Gasteiger partial charge in [0.15, 0.2) is 0 Å². The van der Waals surface area contributed by atoms with Crippen LogP contribution in [-0.2, 0) is 21.4 Å². The van der Waals surface area contributed by atoms with Gasteiger partial charge < -0.3 is 9.84 Å². The lowest BCUT2D eigenvalue weighted by atomic mass is 9.83. The molecule has 0 amide bonds. The van der Waals surface area contributed by atoms with E-state index in [1.807, 2.05) is 51.1 Å². The van der Waals surface area contributed by atoms with Gasteiger partial charge in [0.1, 0.15) is 16.8 Å². The van der Waals surface area contributed by atoms with Gasteiger partial charge in [-0.3, -0.25) is 4.79 Å². The Kier molecular flexibility index (Phi) is 4.68. The molecule has 0 aliphatic heterocycles. The van der Waals surface area contributed by atoms with Crippen molar-refractivity contribution in [2.75, 3.05) is 7.11 Å². The molecule has 0 radical (unpaired) electrons. The molecule has 3 aromatic rings. The minimum absolute atomic E-state index is 0.190. The Morgan fingerprint density at radius 3 is 2.27 bits per heavy atom. The maximum atomic E-state index is 11.6. The average molecular weight is 353 g/mol. The Morgan fingerprint density at radius 2 is 1.73 bits per heavy atom. The second kappa shape index (κ2) is 6.78. The molecule has 136 valence electrons. The van der Waals surface area contributed by atoms with Crippen molar-refractivity contribution in [2.24, 2.45) is 0 Å². The zero-order valence-electron chi connectivity index (χ0n) is 15.5. The fraction of sp³-hybridized carbons (Fsp3) is 0.350. The summed E-state index contributed by atoms with van der Waals surface area (Å²) < 4.78 is 4.76. The van der Waals surface area contributed by atoms with E-state index in [-0.39, 0.29) is 23.6 Å². The topological polar surface area (TPSA) is 77.2 Å². The molecule has 1 N–H and O–H groups in total. The third-order valence-electron chi connectivity index (χ3n) is 4.30. The molecule has 6 heteroatoms. The zero-order valence-corrected chi connectivity index (χ0v) is 15.5. The van der Waals surface area contributed by atoms with E-state index in [4.69, 9.17) is 4.74 Å². The van der Waals surface area contributed by atoms with Crippen LogP contribution in [0.2, 0.25) is 0 Å². The highest BCUT2D eigenvalue weighted by atomic mass is 16.5. The molecule has 3 rings (SSSR count). The van der Waals surface area contributed by atoms with Gasteiger partial charge in [0, 0.05) is 12.0 Å². The van der Waals surface area contributed by atoms with Gasteiger partial charge in [0.05, 0.1) is 12.8 Å². The number of phenols is 1. The number of benzene rings is 2. The highest BCUT2D eigenvalue weighted by Gasteiger charge is 2.27. The van der Waals surface area contributed by atoms with Gasteiger partial charge >= 0.3 is 5.97 Å². The highest BCUT2D eigenvalue weighted by Crippen LogP contribution is 2.38. The van der Waals surface area contributed by atoms with Crippen LogP contribution in [0.5, 0.6) is 5.75 Å². The van der Waals surface area contributed by atoms with E-state index in [1.54, 1.807) is 10.9 Å². The van der Waals surface area contributed by atoms with Crippen LogP contribution in [0.4, 0.5) is 0 Å². The van der Waals surface area contributed by atoms with Crippen molar-refractivity contribution in [2.45, 2.75) is 39.0 Å². The molecule has 0 aliphatic rings. The largest absolute Gasteiger partial charge is 0.508 e. The number of hydrogen-bond donors (Lipinski definition) is 1. The second-order valence-electron chi connectivity index (χ2n) is 7.27. The smallest absolute Gasteiger partial charge is 0.305 e. The first kappa shape index (κ1) is 17.9. The monoisotopic (exact) mass is 353 g/mol. The maximum absolute atomic E-state index is 11.6. The number of methoxy groups -OCH3 is 1. The molecule has 26 heavy (non-hydrogen) atoms. The van der Waals surface area contributed by atoms with E-state index in [0.29, 0.717) is 6.42 Å². The van der Waals surface area contributed by atoms with Gasteiger partial charge in [-0.1, -0.05) is 39.0 Å². The van der Waals surface area contributed by atoms with Crippen LogP contribution in [0.3, 0.4) is 0 Å². The van der Waals surface area contributed by atoms with Crippen LogP contribution in [0.15, 0.2) is 36.4 Å². The van der Waals surface area contributed by atoms with Crippen LogP contribution in [0.1, 0.15) is 38.3 Å². The lowest BCUT2D eigenvalue weighted by Gasteiger charge is -2.25. The molecule has 1 aromatic heterocycles. The molecule has 2 aromatic carbocycles. The van der Waals surface area contributed by atoms with E-state index in [2.05, 4.69) is 10.2 Å². The van der Waals surface area contributed by atoms with E-state index < -0.39 is 0 Å². The third-order valence-corrected chi connectivity index (χ3v) is 4.30. The van der Waals surface area contributed by atoms with Gasteiger partial charge in [-0.2, -0.15) is 0 Å². The molecule has 1 heterocycles. The molecule has 0 atom stereocenters. The maximum Gasteiger partial charge on any atom is 0.305 e. The number of phenolic OH excluding ortho intramolecular Hbond substituents is 1. The van der Waals surface area contributed by atoms with Crippen molar-refractivity contribution >= 4 is 17.0 Å². The molecule has 0 fully saturated rings. The Hall–Kier alpha value is -2.89. The van der Waals surface area contributed by atoms with E-state index in [0.717, 1.165) is 27.8 Å². The van der Waals surface area contributed by atoms with E-state index >= 15 is 0 Å². The van der Waals surface area contributed by atoms with Gasteiger partial charge in [-0.25, -0.2) is 0 Å². The van der Waals surface area contributed by atoms with Crippen molar-refractivity contribution in [3.05, 3.63) is 47.5 Å². The number of aromatic nitrogens is 3. The van der Waals surface area contributed by atoms with Crippen LogP contribution in [0.25, 0.3) is 16.7 Å². The molecule has 0 aliphatic carbocycles. The molecule has 0 bridgehead atoms. The summed E-state index contributed by atoms with van der Waals surface area (Å²) in [6, 6.07) is 11.1. The van der Waals surface area contributed by atoms with Crippen molar-refractivity contribution in [3.8, 4) is 11.4 Å². The minimum Gasteiger partial charge on any atom is -0.508 e. The number of aryl methyl sites for hydroxylation is 1. The van der Waals surface area contributed by atoms with Crippen molar-refractivity contribution in [1.82, 2.24) is 15.0 Å². The summed E-state index contributed by atoms with van der Waals surface area (Å²) in [4.78, 5) is 13.2. The quantitative estimate of drug-likeness (QED) is 0.726. The average Bonchev–Trinajstić information content (AvgIpc) is 3.02. The predicted molar refractivity (Wildman–Crippen MR) is 99.6 cm³/mol. The van der Waals surface area contributed by atoms with Crippen LogP contribution >= 0.6 is 0 Å². The number of nitrogens with zero attached hydrogens (tertiary/aromatic N) is 3. The fourth-order valence-corrected chi connectivity index (χ4v) is 3.09. The van der Waals surface area contributed by atoms with Gasteiger partial charge in [0.25, 0.3) is 0 Å². The molecule has 0 spiro atoms. The van der Waals surface area contributed by atoms with Gasteiger partial charge in [0.2, 0.25) is 0 Å². The first-order chi connectivity index (χ1) is 12.3. The third kappa shape index (κ3) is 3.40. The van der Waals surface area contributed by atoms with Crippen molar-refractivity contribution < 1.29 is 14.6 Å². The normalized spacial score (nSPS) is 11.7. The lowest BCUT2D eigenvalue weighted by Crippen LogP contribution is -2.19. The van der Waals surface area contributed by atoms with Gasteiger partial charge in [-0.15, -0.1) is 15.0 Å². The number of fused-ring (bicyclic) bond motifs is 1. The summed E-state index contributed by atoms with van der Waals surface area (Å²) in [5, 5.41) is 19.7. The SMILES string of the molecule is COC(=O)CCc1ccc(O)c(C(C)(C)C)c1-n1nc2ccccc2n1. The highest BCUT2D eigenvalue weighted by molar-refractivity contribution is 5.74. The number of hydrogen-bond acceptors (Lipinski definition) is 5. The fourth-order valence-electron chi connectivity index (χ4n) is 3.09. The number of aromatic hydroxyl groups is 1. The number of esters is 1. The summed E-state index contributed by atoms with van der Waals surface area (Å²) >= 11 is 0.